The summed E-state index contributed by atoms with van der Waals surface area (Å²) in [6, 6.07) is 11.1. The monoisotopic (exact) mass is 382 g/mol. The highest BCUT2D eigenvalue weighted by atomic mass is 19.1. The van der Waals surface area contributed by atoms with Crippen LogP contribution in [0.3, 0.4) is 0 Å². The van der Waals surface area contributed by atoms with Gasteiger partial charge >= 0.3 is 0 Å². The Morgan fingerprint density at radius 3 is 2.71 bits per heavy atom. The zero-order valence-electron chi connectivity index (χ0n) is 15.5. The Hall–Kier alpha value is -3.42. The summed E-state index contributed by atoms with van der Waals surface area (Å²) < 4.78 is 18.5. The summed E-state index contributed by atoms with van der Waals surface area (Å²) in [6.07, 6.45) is 0. The smallest absolute Gasteiger partial charge is 0.290 e. The minimum absolute atomic E-state index is 0.0581. The van der Waals surface area contributed by atoms with E-state index in [9.17, 15) is 14.0 Å². The van der Waals surface area contributed by atoms with Gasteiger partial charge in [-0.05, 0) is 49.4 Å². The Morgan fingerprint density at radius 2 is 2.00 bits per heavy atom. The first kappa shape index (κ1) is 18.0. The van der Waals surface area contributed by atoms with Gasteiger partial charge in [-0.3, -0.25) is 9.59 Å². The molecule has 0 aliphatic carbocycles. The molecule has 0 saturated carbocycles. The number of H-pyrrole nitrogens is 1. The lowest BCUT2D eigenvalue weighted by Crippen LogP contribution is -2.57. The highest BCUT2D eigenvalue weighted by molar-refractivity contribution is 6.01. The number of nitrogens with zero attached hydrogens (tertiary/aromatic N) is 3. The van der Waals surface area contributed by atoms with Crippen molar-refractivity contribution in [2.45, 2.75) is 13.0 Å². The summed E-state index contributed by atoms with van der Waals surface area (Å²) in [6.45, 7) is 2.19. The van der Waals surface area contributed by atoms with Crippen molar-refractivity contribution in [3.8, 4) is 5.75 Å². The third-order valence-electron chi connectivity index (χ3n) is 4.88. The summed E-state index contributed by atoms with van der Waals surface area (Å²) >= 11 is 0. The molecular formula is C20H19FN4O3. The molecule has 1 unspecified atom stereocenters. The maximum Gasteiger partial charge on any atom is 0.290 e. The average Bonchev–Trinajstić information content (AvgIpc) is 3.12. The van der Waals surface area contributed by atoms with Crippen molar-refractivity contribution in [1.29, 1.82) is 0 Å². The Morgan fingerprint density at radius 1 is 1.25 bits per heavy atom. The van der Waals surface area contributed by atoms with Crippen LogP contribution in [-0.4, -0.2) is 52.9 Å². The molecule has 8 heteroatoms. The molecule has 2 amide bonds. The summed E-state index contributed by atoms with van der Waals surface area (Å²) in [7, 11) is 1.58. The van der Waals surface area contributed by atoms with Gasteiger partial charge < -0.3 is 19.5 Å². The van der Waals surface area contributed by atoms with Gasteiger partial charge in [-0.25, -0.2) is 9.37 Å². The second-order valence-electron chi connectivity index (χ2n) is 6.73. The second-order valence-corrected chi connectivity index (χ2v) is 6.73. The summed E-state index contributed by atoms with van der Waals surface area (Å²) in [4.78, 5) is 35.8. The Kier molecular flexibility index (Phi) is 4.46. The van der Waals surface area contributed by atoms with Gasteiger partial charge in [0.2, 0.25) is 5.91 Å². The highest BCUT2D eigenvalue weighted by Crippen LogP contribution is 2.24. The Labute approximate surface area is 160 Å². The van der Waals surface area contributed by atoms with Gasteiger partial charge in [0.05, 0.1) is 18.1 Å². The fourth-order valence-corrected chi connectivity index (χ4v) is 3.35. The number of ether oxygens (including phenoxy) is 1. The van der Waals surface area contributed by atoms with Gasteiger partial charge in [0.25, 0.3) is 5.91 Å². The van der Waals surface area contributed by atoms with Crippen molar-refractivity contribution in [2.24, 2.45) is 0 Å². The molecular weight excluding hydrogens is 363 g/mol. The molecule has 1 aliphatic heterocycles. The standard InChI is InChI=1S/C20H19FN4O3/c1-12-10-25(14-4-6-15(28-2)7-5-14)18(26)11-24(12)20(27)19-22-16-8-3-13(21)9-17(16)23-19/h3-9,12H,10-11H2,1-2H3,(H,22,23). The zero-order chi connectivity index (χ0) is 19.8. The number of halogens is 1. The second kappa shape index (κ2) is 6.95. The van der Waals surface area contributed by atoms with Gasteiger partial charge in [0, 0.05) is 18.3 Å². The van der Waals surface area contributed by atoms with E-state index in [1.165, 1.54) is 23.1 Å². The maximum atomic E-state index is 13.4. The molecule has 1 fully saturated rings. The van der Waals surface area contributed by atoms with E-state index in [4.69, 9.17) is 4.74 Å². The number of benzene rings is 2. The number of aromatic amines is 1. The molecule has 7 nitrogen and oxygen atoms in total. The average molecular weight is 382 g/mol. The lowest BCUT2D eigenvalue weighted by Gasteiger charge is -2.39. The van der Waals surface area contributed by atoms with Gasteiger partial charge in [0.1, 0.15) is 18.1 Å². The summed E-state index contributed by atoms with van der Waals surface area (Å²) in [5.74, 6) is -0.171. The number of imidazole rings is 1. The van der Waals surface area contributed by atoms with Crippen LogP contribution < -0.4 is 9.64 Å². The molecule has 0 bridgehead atoms. The normalized spacial score (nSPS) is 17.2. The van der Waals surface area contributed by atoms with Crippen LogP contribution in [0.4, 0.5) is 10.1 Å². The number of fused-ring (bicyclic) bond motifs is 1. The summed E-state index contributed by atoms with van der Waals surface area (Å²) in [5.41, 5.74) is 1.70. The maximum absolute atomic E-state index is 13.4. The number of methoxy groups -OCH3 is 1. The molecule has 1 aromatic heterocycles. The number of rotatable bonds is 3. The molecule has 0 spiro atoms. The first-order chi connectivity index (χ1) is 13.5. The molecule has 1 atom stereocenters. The molecule has 1 aliphatic rings. The van der Waals surface area contributed by atoms with Gasteiger partial charge in [0.15, 0.2) is 5.82 Å². The van der Waals surface area contributed by atoms with Crippen molar-refractivity contribution in [3.63, 3.8) is 0 Å². The number of aromatic nitrogens is 2. The molecule has 0 radical (unpaired) electrons. The van der Waals surface area contributed by atoms with E-state index in [2.05, 4.69) is 9.97 Å². The number of nitrogens with one attached hydrogen (secondary N) is 1. The molecule has 3 aromatic rings. The molecule has 1 saturated heterocycles. The van der Waals surface area contributed by atoms with Crippen molar-refractivity contribution in [2.75, 3.05) is 25.1 Å². The van der Waals surface area contributed by atoms with Crippen LogP contribution in [0.1, 0.15) is 17.5 Å². The predicted octanol–water partition coefficient (Wildman–Crippen LogP) is 2.59. The minimum Gasteiger partial charge on any atom is -0.497 e. The number of carbonyl (C=O) groups excluding carboxylic acids is 2. The van der Waals surface area contributed by atoms with Crippen molar-refractivity contribution < 1.29 is 18.7 Å². The van der Waals surface area contributed by atoms with Gasteiger partial charge in [-0.1, -0.05) is 0 Å². The molecule has 4 rings (SSSR count). The van der Waals surface area contributed by atoms with Crippen LogP contribution in [0.15, 0.2) is 42.5 Å². The Bertz CT molecular complexity index is 1050. The van der Waals surface area contributed by atoms with Crippen molar-refractivity contribution >= 4 is 28.5 Å². The number of anilines is 1. The van der Waals surface area contributed by atoms with Crippen LogP contribution in [0.2, 0.25) is 0 Å². The van der Waals surface area contributed by atoms with Crippen molar-refractivity contribution in [3.05, 3.63) is 54.1 Å². The third kappa shape index (κ3) is 3.17. The van der Waals surface area contributed by atoms with E-state index in [0.717, 1.165) is 5.69 Å². The third-order valence-corrected chi connectivity index (χ3v) is 4.88. The topological polar surface area (TPSA) is 78.5 Å². The highest BCUT2D eigenvalue weighted by Gasteiger charge is 2.34. The van der Waals surface area contributed by atoms with Crippen LogP contribution >= 0.6 is 0 Å². The number of hydrogen-bond acceptors (Lipinski definition) is 4. The van der Waals surface area contributed by atoms with E-state index in [0.29, 0.717) is 23.3 Å². The number of amides is 2. The van der Waals surface area contributed by atoms with Crippen molar-refractivity contribution in [1.82, 2.24) is 14.9 Å². The fourth-order valence-electron chi connectivity index (χ4n) is 3.35. The fraction of sp³-hybridized carbons (Fsp3) is 0.250. The number of piperazine rings is 1. The Balaban J connectivity index is 1.54. The van der Waals surface area contributed by atoms with E-state index >= 15 is 0 Å². The quantitative estimate of drug-likeness (QED) is 0.755. The molecule has 1 N–H and O–H groups in total. The van der Waals surface area contributed by atoms with Crippen LogP contribution in [-0.2, 0) is 4.79 Å². The minimum atomic E-state index is -0.410. The first-order valence-electron chi connectivity index (χ1n) is 8.87. The van der Waals surface area contributed by atoms with E-state index in [1.807, 2.05) is 19.1 Å². The molecule has 2 aromatic carbocycles. The summed E-state index contributed by atoms with van der Waals surface area (Å²) in [5, 5.41) is 0. The van der Waals surface area contributed by atoms with Crippen LogP contribution in [0.5, 0.6) is 5.75 Å². The molecule has 2 heterocycles. The first-order valence-corrected chi connectivity index (χ1v) is 8.87. The van der Waals surface area contributed by atoms with Gasteiger partial charge in [-0.2, -0.15) is 0 Å². The lowest BCUT2D eigenvalue weighted by molar-refractivity contribution is -0.121. The van der Waals surface area contributed by atoms with E-state index in [-0.39, 0.29) is 30.2 Å². The van der Waals surface area contributed by atoms with E-state index in [1.54, 1.807) is 24.1 Å². The zero-order valence-corrected chi connectivity index (χ0v) is 15.5. The number of hydrogen-bond donors (Lipinski definition) is 1. The SMILES string of the molecule is COc1ccc(N2CC(C)N(C(=O)c3nc4ccc(F)cc4[nH]3)CC2=O)cc1. The number of carbonyl (C=O) groups is 2. The van der Waals surface area contributed by atoms with Gasteiger partial charge in [-0.15, -0.1) is 0 Å². The van der Waals surface area contributed by atoms with Crippen LogP contribution in [0.25, 0.3) is 11.0 Å². The lowest BCUT2D eigenvalue weighted by atomic mass is 10.1. The largest absolute Gasteiger partial charge is 0.497 e. The molecule has 144 valence electrons. The predicted molar refractivity (Wildman–Crippen MR) is 102 cm³/mol. The van der Waals surface area contributed by atoms with E-state index < -0.39 is 5.82 Å². The molecule has 28 heavy (non-hydrogen) atoms. The van der Waals surface area contributed by atoms with Crippen LogP contribution in [0, 0.1) is 5.82 Å².